The fraction of sp³-hybridized carbons (Fsp3) is 0.311. The zero-order valence-electron chi connectivity index (χ0n) is 36.9. The Kier molecular flexibility index (Phi) is 16.9. The molecule has 73 heavy (non-hydrogen) atoms. The molecule has 0 spiro atoms. The van der Waals surface area contributed by atoms with Gasteiger partial charge >= 0.3 is 55.4 Å². The number of alkyl halides is 24. The van der Waals surface area contributed by atoms with E-state index in [1.807, 2.05) is 38.1 Å². The average Bonchev–Trinajstić information content (AvgIpc) is 3.21. The van der Waals surface area contributed by atoms with E-state index in [9.17, 15) is 110 Å². The second kappa shape index (κ2) is 20.5. The SMILES string of the molecule is CC(C)OC(=O)c1ccc(C[S+](C)C)cc1.FC(F)(F)c1cc([B-](c2cc(C(F)(F)F)cc(C(F)(F)F)c2)(c2cc(C(F)(F)F)cc(C(F)(F)F)c2)c2cc(C(F)(F)F)cc(C(F)(F)F)c2)cc(C(F)(F)F)c1. The molecule has 0 fully saturated rings. The van der Waals surface area contributed by atoms with Crippen molar-refractivity contribution < 1.29 is 115 Å². The number of benzene rings is 5. The number of esters is 1. The molecule has 0 aliphatic carbocycles. The van der Waals surface area contributed by atoms with Crippen LogP contribution in [0.25, 0.3) is 0 Å². The van der Waals surface area contributed by atoms with Crippen LogP contribution in [0, 0.1) is 0 Å². The Bertz CT molecular complexity index is 2320. The fourth-order valence-corrected chi connectivity index (χ4v) is 8.28. The van der Waals surface area contributed by atoms with E-state index in [1.54, 1.807) is 0 Å². The summed E-state index contributed by atoms with van der Waals surface area (Å²) in [4.78, 5) is 11.6. The quantitative estimate of drug-likeness (QED) is 0.0670. The van der Waals surface area contributed by atoms with Gasteiger partial charge in [-0.25, -0.2) is 4.79 Å². The maximum atomic E-state index is 14.2. The highest BCUT2D eigenvalue weighted by Crippen LogP contribution is 2.41. The molecule has 2 nitrogen and oxygen atoms in total. The van der Waals surface area contributed by atoms with E-state index >= 15 is 0 Å². The number of hydrogen-bond acceptors (Lipinski definition) is 2. The first kappa shape index (κ1) is 59.9. The van der Waals surface area contributed by atoms with Crippen molar-refractivity contribution in [3.8, 4) is 0 Å². The van der Waals surface area contributed by atoms with Crippen molar-refractivity contribution in [1.29, 1.82) is 0 Å². The highest BCUT2D eigenvalue weighted by molar-refractivity contribution is 7.94. The monoisotopic (exact) mass is 1100 g/mol. The van der Waals surface area contributed by atoms with Crippen LogP contribution in [-0.2, 0) is 70.8 Å². The molecule has 0 unspecified atom stereocenters. The van der Waals surface area contributed by atoms with Crippen LogP contribution in [0.15, 0.2) is 97.1 Å². The predicted octanol–water partition coefficient (Wildman–Crippen LogP) is 13.8. The van der Waals surface area contributed by atoms with Crippen molar-refractivity contribution in [2.45, 2.75) is 75.1 Å². The van der Waals surface area contributed by atoms with Gasteiger partial charge in [-0.1, -0.05) is 60.7 Å². The molecule has 5 aromatic rings. The third kappa shape index (κ3) is 14.8. The van der Waals surface area contributed by atoms with Gasteiger partial charge in [-0.05, 0) is 61.1 Å². The summed E-state index contributed by atoms with van der Waals surface area (Å²) in [5, 5.41) is 0. The lowest BCUT2D eigenvalue weighted by molar-refractivity contribution is -0.144. The lowest BCUT2D eigenvalue weighted by Gasteiger charge is -2.46. The van der Waals surface area contributed by atoms with Crippen molar-refractivity contribution in [2.24, 2.45) is 0 Å². The molecule has 0 N–H and O–H groups in total. The Morgan fingerprint density at radius 3 is 0.767 bits per heavy atom. The molecule has 0 atom stereocenters. The zero-order chi connectivity index (χ0) is 56.0. The normalized spacial score (nSPS) is 13.6. The van der Waals surface area contributed by atoms with Crippen molar-refractivity contribution in [3.63, 3.8) is 0 Å². The summed E-state index contributed by atoms with van der Waals surface area (Å²) in [6.45, 7) is 3.71. The van der Waals surface area contributed by atoms with Gasteiger partial charge in [0.2, 0.25) is 0 Å². The highest BCUT2D eigenvalue weighted by Gasteiger charge is 2.47. The third-order valence-corrected chi connectivity index (χ3v) is 11.3. The topological polar surface area (TPSA) is 26.3 Å². The summed E-state index contributed by atoms with van der Waals surface area (Å²) in [5.41, 5.74) is -28.3. The van der Waals surface area contributed by atoms with Gasteiger partial charge in [0, 0.05) is 5.56 Å². The molecule has 0 saturated heterocycles. The van der Waals surface area contributed by atoms with Crippen LogP contribution < -0.4 is 21.9 Å². The lowest BCUT2D eigenvalue weighted by Crippen LogP contribution is -2.75. The summed E-state index contributed by atoms with van der Waals surface area (Å²) in [6.07, 6.45) is -50.5. The lowest BCUT2D eigenvalue weighted by atomic mass is 9.12. The molecule has 0 aromatic heterocycles. The first-order valence-electron chi connectivity index (χ1n) is 19.9. The molecule has 0 bridgehead atoms. The Morgan fingerprint density at radius 2 is 0.603 bits per heavy atom. The summed E-state index contributed by atoms with van der Waals surface area (Å²) >= 11 is 0. The van der Waals surface area contributed by atoms with Crippen LogP contribution in [0.3, 0.4) is 0 Å². The van der Waals surface area contributed by atoms with Crippen molar-refractivity contribution >= 4 is 44.9 Å². The predicted molar refractivity (Wildman–Crippen MR) is 220 cm³/mol. The van der Waals surface area contributed by atoms with Crippen LogP contribution in [0.4, 0.5) is 105 Å². The first-order chi connectivity index (χ1) is 32.7. The number of rotatable bonds is 8. The Morgan fingerprint density at radius 1 is 0.397 bits per heavy atom. The molecule has 5 rings (SSSR count). The minimum atomic E-state index is -6.13. The minimum absolute atomic E-state index is 0.0654. The zero-order valence-corrected chi connectivity index (χ0v) is 37.7. The van der Waals surface area contributed by atoms with E-state index in [-0.39, 0.29) is 12.1 Å². The van der Waals surface area contributed by atoms with Crippen molar-refractivity contribution in [3.05, 3.63) is 153 Å². The Hall–Kier alpha value is -5.70. The molecule has 0 radical (unpaired) electrons. The summed E-state index contributed by atoms with van der Waals surface area (Å²) in [6, 6.07) is -1.12. The molecule has 0 heterocycles. The number of halogens is 24. The van der Waals surface area contributed by atoms with Gasteiger partial charge in [-0.2, -0.15) is 127 Å². The molecular weight excluding hydrogens is 1070 g/mol. The van der Waals surface area contributed by atoms with Gasteiger partial charge in [-0.3, -0.25) is 0 Å². The molecule has 0 aliphatic rings. The second-order valence-electron chi connectivity index (χ2n) is 16.5. The largest absolute Gasteiger partial charge is 0.459 e. The molecule has 5 aromatic carbocycles. The molecule has 0 saturated carbocycles. The summed E-state index contributed by atoms with van der Waals surface area (Å²) < 4.78 is 346. The van der Waals surface area contributed by atoms with E-state index in [1.165, 1.54) is 5.56 Å². The van der Waals surface area contributed by atoms with Crippen molar-refractivity contribution in [2.75, 3.05) is 12.5 Å². The summed E-state index contributed by atoms with van der Waals surface area (Å²) in [5.74, 6) is 0.827. The van der Waals surface area contributed by atoms with E-state index < -0.39 is 195 Å². The summed E-state index contributed by atoms with van der Waals surface area (Å²) in [7, 11) is 0.391. The molecular formula is C45H31BF24O2S. The van der Waals surface area contributed by atoms with Gasteiger partial charge in [-0.15, -0.1) is 0 Å². The van der Waals surface area contributed by atoms with Gasteiger partial charge in [0.1, 0.15) is 11.9 Å². The second-order valence-corrected chi connectivity index (χ2v) is 18.8. The molecule has 28 heteroatoms. The molecule has 0 aliphatic heterocycles. The third-order valence-electron chi connectivity index (χ3n) is 10.4. The van der Waals surface area contributed by atoms with E-state index in [2.05, 4.69) is 12.5 Å². The maximum absolute atomic E-state index is 14.2. The fourth-order valence-electron chi connectivity index (χ4n) is 7.42. The molecule has 0 amide bonds. The number of hydrogen-bond donors (Lipinski definition) is 0. The Balaban J connectivity index is 0.000000613. The number of ether oxygens (including phenoxy) is 1. The van der Waals surface area contributed by atoms with Crippen LogP contribution >= 0.6 is 0 Å². The first-order valence-corrected chi connectivity index (χ1v) is 22.2. The van der Waals surface area contributed by atoms with Crippen LogP contribution in [0.2, 0.25) is 0 Å². The van der Waals surface area contributed by atoms with Gasteiger partial charge < -0.3 is 4.74 Å². The van der Waals surface area contributed by atoms with Gasteiger partial charge in [0.05, 0.1) is 68.7 Å². The van der Waals surface area contributed by atoms with Gasteiger partial charge in [0.15, 0.2) is 0 Å². The van der Waals surface area contributed by atoms with Crippen LogP contribution in [-0.4, -0.2) is 30.7 Å². The van der Waals surface area contributed by atoms with Gasteiger partial charge in [0.25, 0.3) is 0 Å². The van der Waals surface area contributed by atoms with E-state index in [4.69, 9.17) is 4.74 Å². The average molecular weight is 1100 g/mol. The maximum Gasteiger partial charge on any atom is 0.416 e. The number of carbonyl (C=O) groups is 1. The Labute approximate surface area is 399 Å². The van der Waals surface area contributed by atoms with E-state index in [0.717, 1.165) is 5.75 Å². The minimum Gasteiger partial charge on any atom is -0.459 e. The number of carbonyl (C=O) groups excluding carboxylic acids is 1. The van der Waals surface area contributed by atoms with Crippen molar-refractivity contribution in [1.82, 2.24) is 0 Å². The van der Waals surface area contributed by atoms with Crippen LogP contribution in [0.1, 0.15) is 74.3 Å². The van der Waals surface area contributed by atoms with Crippen LogP contribution in [0.5, 0.6) is 0 Å². The highest BCUT2D eigenvalue weighted by atomic mass is 32.2. The van der Waals surface area contributed by atoms with E-state index in [0.29, 0.717) is 16.5 Å². The standard InChI is InChI=1S/C32H12BF24.C13H19O2S/c34-25(35,36)13-1-14(26(37,38)39)6-21(5-13)33(22-7-15(27(40,41)42)2-16(8-22)28(43,44)45,23-9-17(29(46,47)48)3-18(10-23)30(49,50)51)24-11-19(31(52,53)54)4-20(12-24)32(55,56)57;1-10(2)15-13(14)12-7-5-11(6-8-12)9-16(3)4/h1-12H;5-8,10H,9H2,1-4H3/q-1;+1. The molecule has 400 valence electrons. The smallest absolute Gasteiger partial charge is 0.416 e.